The molecular formula is C25H24N2O2. The highest BCUT2D eigenvalue weighted by molar-refractivity contribution is 6.06. The van der Waals surface area contributed by atoms with Crippen molar-refractivity contribution >= 4 is 17.5 Å². The second-order valence-electron chi connectivity index (χ2n) is 7.21. The minimum Gasteiger partial charge on any atom is -0.334 e. The molecule has 4 rings (SSSR count). The number of amides is 2. The largest absolute Gasteiger partial charge is 0.334 e. The molecule has 0 N–H and O–H groups in total. The molecule has 0 saturated heterocycles. The Kier molecular flexibility index (Phi) is 5.43. The fourth-order valence-corrected chi connectivity index (χ4v) is 3.81. The van der Waals surface area contributed by atoms with Crippen LogP contribution in [0.1, 0.15) is 38.8 Å². The minimum absolute atomic E-state index is 0.00825. The Morgan fingerprint density at radius 1 is 0.828 bits per heavy atom. The normalized spacial score (nSPS) is 12.9. The van der Waals surface area contributed by atoms with E-state index in [0.29, 0.717) is 30.8 Å². The maximum absolute atomic E-state index is 12.9. The van der Waals surface area contributed by atoms with Crippen LogP contribution in [-0.2, 0) is 13.0 Å². The molecule has 0 atom stereocenters. The predicted octanol–water partition coefficient (Wildman–Crippen LogP) is 4.55. The van der Waals surface area contributed by atoms with Crippen LogP contribution in [0.15, 0.2) is 78.9 Å². The SMILES string of the molecule is CCN(C(=O)c1ccc(C(=O)N2CCc3ccccc3C2)cc1)c1ccccc1. The molecule has 0 unspecified atom stereocenters. The zero-order valence-electron chi connectivity index (χ0n) is 16.5. The second-order valence-corrected chi connectivity index (χ2v) is 7.21. The van der Waals surface area contributed by atoms with Gasteiger partial charge in [0, 0.05) is 36.4 Å². The molecule has 0 radical (unpaired) electrons. The molecule has 0 aliphatic carbocycles. The monoisotopic (exact) mass is 384 g/mol. The number of hydrogen-bond acceptors (Lipinski definition) is 2. The smallest absolute Gasteiger partial charge is 0.258 e. The molecule has 3 aromatic carbocycles. The van der Waals surface area contributed by atoms with Gasteiger partial charge >= 0.3 is 0 Å². The summed E-state index contributed by atoms with van der Waals surface area (Å²) in [5.74, 6) is -0.0569. The molecule has 1 heterocycles. The van der Waals surface area contributed by atoms with Crippen molar-refractivity contribution in [3.8, 4) is 0 Å². The molecule has 4 nitrogen and oxygen atoms in total. The van der Waals surface area contributed by atoms with E-state index in [1.807, 2.05) is 54.3 Å². The number of benzene rings is 3. The molecule has 1 aliphatic heterocycles. The quantitative estimate of drug-likeness (QED) is 0.662. The number of fused-ring (bicyclic) bond motifs is 1. The van der Waals surface area contributed by atoms with Gasteiger partial charge in [-0.2, -0.15) is 0 Å². The molecule has 1 aliphatic rings. The molecular weight excluding hydrogens is 360 g/mol. The lowest BCUT2D eigenvalue weighted by atomic mass is 9.99. The molecule has 0 bridgehead atoms. The maximum atomic E-state index is 12.9. The molecule has 0 spiro atoms. The molecule has 0 saturated carbocycles. The van der Waals surface area contributed by atoms with Crippen LogP contribution in [0.4, 0.5) is 5.69 Å². The Morgan fingerprint density at radius 3 is 2.14 bits per heavy atom. The number of hydrogen-bond donors (Lipinski definition) is 0. The van der Waals surface area contributed by atoms with E-state index in [4.69, 9.17) is 0 Å². The molecule has 4 heteroatoms. The topological polar surface area (TPSA) is 40.6 Å². The first-order valence-electron chi connectivity index (χ1n) is 10.0. The van der Waals surface area contributed by atoms with E-state index >= 15 is 0 Å². The highest BCUT2D eigenvalue weighted by atomic mass is 16.2. The van der Waals surface area contributed by atoms with Crippen molar-refractivity contribution in [1.82, 2.24) is 4.90 Å². The first-order valence-corrected chi connectivity index (χ1v) is 10.0. The van der Waals surface area contributed by atoms with Crippen LogP contribution in [0.2, 0.25) is 0 Å². The fraction of sp³-hybridized carbons (Fsp3) is 0.200. The molecule has 0 fully saturated rings. The third-order valence-electron chi connectivity index (χ3n) is 5.43. The maximum Gasteiger partial charge on any atom is 0.258 e. The van der Waals surface area contributed by atoms with E-state index in [0.717, 1.165) is 12.1 Å². The van der Waals surface area contributed by atoms with E-state index < -0.39 is 0 Å². The first kappa shape index (κ1) is 18.9. The van der Waals surface area contributed by atoms with E-state index in [1.54, 1.807) is 29.2 Å². The van der Waals surface area contributed by atoms with E-state index in [-0.39, 0.29) is 11.8 Å². The van der Waals surface area contributed by atoms with Crippen molar-refractivity contribution in [3.05, 3.63) is 101 Å². The predicted molar refractivity (Wildman–Crippen MR) is 115 cm³/mol. The number of nitrogens with zero attached hydrogens (tertiary/aromatic N) is 2. The van der Waals surface area contributed by atoms with Crippen molar-refractivity contribution < 1.29 is 9.59 Å². The Morgan fingerprint density at radius 2 is 1.45 bits per heavy atom. The molecule has 0 aromatic heterocycles. The zero-order chi connectivity index (χ0) is 20.2. The van der Waals surface area contributed by atoms with Gasteiger partial charge in [-0.3, -0.25) is 9.59 Å². The van der Waals surface area contributed by atoms with Gasteiger partial charge in [0.1, 0.15) is 0 Å². The van der Waals surface area contributed by atoms with Gasteiger partial charge in [0.2, 0.25) is 0 Å². The van der Waals surface area contributed by atoms with Crippen LogP contribution in [0.25, 0.3) is 0 Å². The van der Waals surface area contributed by atoms with Crippen LogP contribution in [-0.4, -0.2) is 29.8 Å². The average Bonchev–Trinajstić information content (AvgIpc) is 2.79. The van der Waals surface area contributed by atoms with Gasteiger partial charge in [0.15, 0.2) is 0 Å². The minimum atomic E-state index is -0.0652. The zero-order valence-corrected chi connectivity index (χ0v) is 16.5. The van der Waals surface area contributed by atoms with Crippen LogP contribution in [0, 0.1) is 0 Å². The lowest BCUT2D eigenvalue weighted by Gasteiger charge is -2.29. The summed E-state index contributed by atoms with van der Waals surface area (Å²) in [4.78, 5) is 29.5. The summed E-state index contributed by atoms with van der Waals surface area (Å²) in [5.41, 5.74) is 4.59. The van der Waals surface area contributed by atoms with Crippen molar-refractivity contribution in [2.75, 3.05) is 18.0 Å². The number of carbonyl (C=O) groups excluding carboxylic acids is 2. The molecule has 146 valence electrons. The standard InChI is InChI=1S/C25H24N2O2/c1-2-27(23-10-4-3-5-11-23)25(29)21-14-12-20(13-15-21)24(28)26-17-16-19-8-6-7-9-22(19)18-26/h3-15H,2,16-18H2,1H3. The van der Waals surface area contributed by atoms with Crippen molar-refractivity contribution in [2.24, 2.45) is 0 Å². The highest BCUT2D eigenvalue weighted by Gasteiger charge is 2.22. The summed E-state index contributed by atoms with van der Waals surface area (Å²) >= 11 is 0. The van der Waals surface area contributed by atoms with Crippen molar-refractivity contribution in [1.29, 1.82) is 0 Å². The summed E-state index contributed by atoms with van der Waals surface area (Å²) in [6.45, 7) is 3.88. The van der Waals surface area contributed by atoms with Gasteiger partial charge in [-0.1, -0.05) is 42.5 Å². The number of carbonyl (C=O) groups is 2. The lowest BCUT2D eigenvalue weighted by molar-refractivity contribution is 0.0734. The van der Waals surface area contributed by atoms with E-state index in [1.165, 1.54) is 11.1 Å². The number of para-hydroxylation sites is 1. The summed E-state index contributed by atoms with van der Waals surface area (Å²) in [5, 5.41) is 0. The Hall–Kier alpha value is -3.40. The van der Waals surface area contributed by atoms with Crippen molar-refractivity contribution in [3.63, 3.8) is 0 Å². The van der Waals surface area contributed by atoms with Crippen molar-refractivity contribution in [2.45, 2.75) is 19.9 Å². The third kappa shape index (κ3) is 3.92. The summed E-state index contributed by atoms with van der Waals surface area (Å²) in [6, 6.07) is 24.9. The number of rotatable bonds is 4. The first-order chi connectivity index (χ1) is 14.2. The van der Waals surface area contributed by atoms with Gasteiger partial charge in [-0.05, 0) is 60.9 Å². The van der Waals surface area contributed by atoms with Gasteiger partial charge in [-0.15, -0.1) is 0 Å². The summed E-state index contributed by atoms with van der Waals surface area (Å²) < 4.78 is 0. The van der Waals surface area contributed by atoms with Crippen LogP contribution in [0.5, 0.6) is 0 Å². The Balaban J connectivity index is 1.49. The second kappa shape index (κ2) is 8.31. The average molecular weight is 384 g/mol. The fourth-order valence-electron chi connectivity index (χ4n) is 3.81. The van der Waals surface area contributed by atoms with Gasteiger partial charge in [-0.25, -0.2) is 0 Å². The van der Waals surface area contributed by atoms with E-state index in [2.05, 4.69) is 12.1 Å². The molecule has 29 heavy (non-hydrogen) atoms. The number of anilines is 1. The highest BCUT2D eigenvalue weighted by Crippen LogP contribution is 2.21. The van der Waals surface area contributed by atoms with Crippen LogP contribution in [0.3, 0.4) is 0 Å². The summed E-state index contributed by atoms with van der Waals surface area (Å²) in [7, 11) is 0. The van der Waals surface area contributed by atoms with Crippen LogP contribution >= 0.6 is 0 Å². The van der Waals surface area contributed by atoms with Gasteiger partial charge in [0.05, 0.1) is 0 Å². The molecule has 2 amide bonds. The Labute approximate surface area is 171 Å². The van der Waals surface area contributed by atoms with Gasteiger partial charge < -0.3 is 9.80 Å². The van der Waals surface area contributed by atoms with E-state index in [9.17, 15) is 9.59 Å². The lowest BCUT2D eigenvalue weighted by Crippen LogP contribution is -2.36. The van der Waals surface area contributed by atoms with Gasteiger partial charge in [0.25, 0.3) is 11.8 Å². The third-order valence-corrected chi connectivity index (χ3v) is 5.43. The molecule has 3 aromatic rings. The summed E-state index contributed by atoms with van der Waals surface area (Å²) in [6.07, 6.45) is 0.876. The Bertz CT molecular complexity index is 1010. The van der Waals surface area contributed by atoms with Crippen LogP contribution < -0.4 is 4.90 Å².